The molecule has 8 heteroatoms. The highest BCUT2D eigenvalue weighted by atomic mass is 35.5. The lowest BCUT2D eigenvalue weighted by Crippen LogP contribution is -2.32. The van der Waals surface area contributed by atoms with Crippen molar-refractivity contribution in [3.63, 3.8) is 0 Å². The zero-order valence-electron chi connectivity index (χ0n) is 13.5. The normalized spacial score (nSPS) is 15.7. The van der Waals surface area contributed by atoms with E-state index in [-0.39, 0.29) is 30.3 Å². The van der Waals surface area contributed by atoms with Crippen LogP contribution in [0.3, 0.4) is 0 Å². The van der Waals surface area contributed by atoms with Crippen molar-refractivity contribution in [2.75, 3.05) is 6.54 Å². The molecule has 0 atom stereocenters. The first-order valence-electron chi connectivity index (χ1n) is 8.00. The number of hydrogen-bond acceptors (Lipinski definition) is 2. The van der Waals surface area contributed by atoms with Gasteiger partial charge < -0.3 is 10.4 Å². The van der Waals surface area contributed by atoms with Gasteiger partial charge in [0.25, 0.3) is 0 Å². The second kappa shape index (κ2) is 7.64. The van der Waals surface area contributed by atoms with Gasteiger partial charge in [-0.1, -0.05) is 11.6 Å². The SMILES string of the molecule is O=C(O)CCCCC(=O)NCC1(c2cc(C(F)(F)F)ccc2Cl)CC1. The van der Waals surface area contributed by atoms with E-state index in [1.54, 1.807) is 0 Å². The summed E-state index contributed by atoms with van der Waals surface area (Å²) in [6.45, 7) is 0.228. The second-order valence-corrected chi connectivity index (χ2v) is 6.76. The van der Waals surface area contributed by atoms with Crippen LogP contribution in [0.15, 0.2) is 18.2 Å². The summed E-state index contributed by atoms with van der Waals surface area (Å²) in [5, 5.41) is 11.5. The van der Waals surface area contributed by atoms with Crippen molar-refractivity contribution >= 4 is 23.5 Å². The quantitative estimate of drug-likeness (QED) is 0.669. The number of carbonyl (C=O) groups excluding carboxylic acids is 1. The standard InChI is InChI=1S/C17H19ClF3NO3/c18-13-6-5-11(17(19,20)21)9-12(13)16(7-8-16)10-22-14(23)3-1-2-4-15(24)25/h5-6,9H,1-4,7-8,10H2,(H,22,23)(H,24,25). The molecule has 1 aliphatic carbocycles. The fraction of sp³-hybridized carbons (Fsp3) is 0.529. The Morgan fingerprint density at radius 3 is 2.40 bits per heavy atom. The van der Waals surface area contributed by atoms with Gasteiger partial charge in [-0.15, -0.1) is 0 Å². The number of nitrogens with one attached hydrogen (secondary N) is 1. The van der Waals surface area contributed by atoms with Gasteiger partial charge in [0.2, 0.25) is 5.91 Å². The van der Waals surface area contributed by atoms with E-state index in [0.29, 0.717) is 31.2 Å². The molecule has 1 fully saturated rings. The summed E-state index contributed by atoms with van der Waals surface area (Å²) < 4.78 is 38.7. The number of amides is 1. The smallest absolute Gasteiger partial charge is 0.416 e. The summed E-state index contributed by atoms with van der Waals surface area (Å²) in [6, 6.07) is 3.25. The fourth-order valence-corrected chi connectivity index (χ4v) is 3.04. The minimum Gasteiger partial charge on any atom is -0.481 e. The van der Waals surface area contributed by atoms with E-state index in [9.17, 15) is 22.8 Å². The van der Waals surface area contributed by atoms with Gasteiger partial charge in [-0.25, -0.2) is 0 Å². The van der Waals surface area contributed by atoms with Crippen molar-refractivity contribution in [2.45, 2.75) is 50.1 Å². The molecule has 1 saturated carbocycles. The zero-order valence-corrected chi connectivity index (χ0v) is 14.2. The predicted molar refractivity (Wildman–Crippen MR) is 86.5 cm³/mol. The lowest BCUT2D eigenvalue weighted by atomic mass is 9.93. The predicted octanol–water partition coefficient (Wildman–Crippen LogP) is 4.15. The van der Waals surface area contributed by atoms with Crippen molar-refractivity contribution in [1.29, 1.82) is 0 Å². The molecule has 1 aromatic rings. The van der Waals surface area contributed by atoms with Crippen LogP contribution in [-0.4, -0.2) is 23.5 Å². The molecular weight excluding hydrogens is 359 g/mol. The molecule has 1 amide bonds. The van der Waals surface area contributed by atoms with E-state index in [0.717, 1.165) is 12.1 Å². The first-order chi connectivity index (χ1) is 11.6. The molecule has 1 aromatic carbocycles. The van der Waals surface area contributed by atoms with Crippen molar-refractivity contribution in [3.05, 3.63) is 34.3 Å². The van der Waals surface area contributed by atoms with Gasteiger partial charge in [-0.05, 0) is 49.4 Å². The van der Waals surface area contributed by atoms with E-state index in [4.69, 9.17) is 16.7 Å². The number of halogens is 4. The minimum absolute atomic E-state index is 0.0110. The monoisotopic (exact) mass is 377 g/mol. The van der Waals surface area contributed by atoms with Crippen LogP contribution in [0.4, 0.5) is 13.2 Å². The highest BCUT2D eigenvalue weighted by Gasteiger charge is 2.46. The first-order valence-corrected chi connectivity index (χ1v) is 8.38. The van der Waals surface area contributed by atoms with Crippen molar-refractivity contribution in [1.82, 2.24) is 5.32 Å². The maximum Gasteiger partial charge on any atom is 0.416 e. The maximum atomic E-state index is 12.9. The molecule has 138 valence electrons. The molecular formula is C17H19ClF3NO3. The number of rotatable bonds is 8. The zero-order chi connectivity index (χ0) is 18.7. The minimum atomic E-state index is -4.44. The molecule has 0 saturated heterocycles. The molecule has 0 aliphatic heterocycles. The molecule has 4 nitrogen and oxygen atoms in total. The molecule has 0 spiro atoms. The third kappa shape index (κ3) is 5.36. The molecule has 1 aliphatic rings. The van der Waals surface area contributed by atoms with Gasteiger partial charge in [0.15, 0.2) is 0 Å². The van der Waals surface area contributed by atoms with Crippen LogP contribution in [-0.2, 0) is 21.2 Å². The number of unbranched alkanes of at least 4 members (excludes halogenated alkanes) is 1. The lowest BCUT2D eigenvalue weighted by Gasteiger charge is -2.20. The summed E-state index contributed by atoms with van der Waals surface area (Å²) in [4.78, 5) is 22.2. The van der Waals surface area contributed by atoms with E-state index in [2.05, 4.69) is 5.32 Å². The van der Waals surface area contributed by atoms with Gasteiger partial charge in [0.05, 0.1) is 5.56 Å². The van der Waals surface area contributed by atoms with Crippen molar-refractivity contribution in [3.8, 4) is 0 Å². The van der Waals surface area contributed by atoms with Gasteiger partial charge in [-0.3, -0.25) is 9.59 Å². The van der Waals surface area contributed by atoms with Crippen molar-refractivity contribution < 1.29 is 27.9 Å². The fourth-order valence-electron chi connectivity index (χ4n) is 2.72. The average Bonchev–Trinajstić information content (AvgIpc) is 3.29. The summed E-state index contributed by atoms with van der Waals surface area (Å²) >= 11 is 6.08. The number of alkyl halides is 3. The Morgan fingerprint density at radius 1 is 1.20 bits per heavy atom. The summed E-state index contributed by atoms with van der Waals surface area (Å²) in [7, 11) is 0. The third-order valence-electron chi connectivity index (χ3n) is 4.39. The Kier molecular flexibility index (Phi) is 5.98. The molecule has 0 aromatic heterocycles. The number of carboxylic acids is 1. The summed E-state index contributed by atoms with van der Waals surface area (Å²) in [6.07, 6.45) is -2.05. The first kappa shape index (κ1) is 19.6. The summed E-state index contributed by atoms with van der Waals surface area (Å²) in [5.41, 5.74) is -0.886. The van der Waals surface area contributed by atoms with Gasteiger partial charge >= 0.3 is 12.1 Å². The Morgan fingerprint density at radius 2 is 1.84 bits per heavy atom. The molecule has 2 N–H and O–H groups in total. The van der Waals surface area contributed by atoms with Crippen LogP contribution in [0.5, 0.6) is 0 Å². The van der Waals surface area contributed by atoms with E-state index < -0.39 is 23.1 Å². The van der Waals surface area contributed by atoms with E-state index in [1.165, 1.54) is 6.07 Å². The maximum absolute atomic E-state index is 12.9. The van der Waals surface area contributed by atoms with Gasteiger partial charge in [0.1, 0.15) is 0 Å². The Balaban J connectivity index is 1.94. The molecule has 25 heavy (non-hydrogen) atoms. The van der Waals surface area contributed by atoms with Crippen LogP contribution < -0.4 is 5.32 Å². The van der Waals surface area contributed by atoms with Crippen LogP contribution in [0.1, 0.15) is 49.7 Å². The van der Waals surface area contributed by atoms with E-state index in [1.807, 2.05) is 0 Å². The number of aliphatic carboxylic acids is 1. The Bertz CT molecular complexity index is 657. The Hall–Kier alpha value is -1.76. The number of carbonyl (C=O) groups is 2. The van der Waals surface area contributed by atoms with Gasteiger partial charge in [-0.2, -0.15) is 13.2 Å². The largest absolute Gasteiger partial charge is 0.481 e. The number of hydrogen-bond donors (Lipinski definition) is 2. The summed E-state index contributed by atoms with van der Waals surface area (Å²) in [5.74, 6) is -1.14. The van der Waals surface area contributed by atoms with Gasteiger partial charge in [0, 0.05) is 29.8 Å². The number of carboxylic acid groups (broad SMARTS) is 1. The third-order valence-corrected chi connectivity index (χ3v) is 4.72. The highest BCUT2D eigenvalue weighted by Crippen LogP contribution is 2.51. The van der Waals surface area contributed by atoms with Crippen LogP contribution >= 0.6 is 11.6 Å². The van der Waals surface area contributed by atoms with Crippen LogP contribution in [0.25, 0.3) is 0 Å². The average molecular weight is 378 g/mol. The topological polar surface area (TPSA) is 66.4 Å². The molecule has 0 heterocycles. The molecule has 0 unspecified atom stereocenters. The number of benzene rings is 1. The lowest BCUT2D eigenvalue weighted by molar-refractivity contribution is -0.138. The second-order valence-electron chi connectivity index (χ2n) is 6.35. The van der Waals surface area contributed by atoms with Crippen molar-refractivity contribution in [2.24, 2.45) is 0 Å². The Labute approximate surface area is 148 Å². The van der Waals surface area contributed by atoms with Crippen LogP contribution in [0, 0.1) is 0 Å². The molecule has 0 radical (unpaired) electrons. The highest BCUT2D eigenvalue weighted by molar-refractivity contribution is 6.31. The van der Waals surface area contributed by atoms with Crippen LogP contribution in [0.2, 0.25) is 5.02 Å². The molecule has 2 rings (SSSR count). The van der Waals surface area contributed by atoms with E-state index >= 15 is 0 Å². The molecule has 0 bridgehead atoms.